The number of rotatable bonds is 4. The van der Waals surface area contributed by atoms with Crippen molar-refractivity contribution in [2.24, 2.45) is 0 Å². The molecule has 3 aromatic rings. The maximum atomic E-state index is 13.1. The zero-order chi connectivity index (χ0) is 20.0. The number of carbonyl (C=O) groups is 1. The molecule has 1 saturated heterocycles. The maximum Gasteiger partial charge on any atom is 0.271 e. The van der Waals surface area contributed by atoms with Crippen molar-refractivity contribution in [1.29, 1.82) is 0 Å². The van der Waals surface area contributed by atoms with E-state index in [-0.39, 0.29) is 18.7 Å². The predicted octanol–water partition coefficient (Wildman–Crippen LogP) is 4.91. The minimum absolute atomic E-state index is 0.113. The highest BCUT2D eigenvalue weighted by Crippen LogP contribution is 2.44. The quantitative estimate of drug-likeness (QED) is 0.576. The Labute approximate surface area is 173 Å². The third-order valence-electron chi connectivity index (χ3n) is 5.22. The molecule has 2 aliphatic rings. The van der Waals surface area contributed by atoms with Gasteiger partial charge >= 0.3 is 0 Å². The number of hydrogen-bond donors (Lipinski definition) is 0. The number of anilines is 1. The maximum absolute atomic E-state index is 13.1. The van der Waals surface area contributed by atoms with Gasteiger partial charge in [-0.2, -0.15) is 0 Å². The number of amides is 1. The van der Waals surface area contributed by atoms with Crippen molar-refractivity contribution >= 4 is 23.2 Å². The second-order valence-electron chi connectivity index (χ2n) is 7.05. The molecule has 2 heterocycles. The molecule has 1 fully saturated rings. The lowest BCUT2D eigenvalue weighted by atomic mass is 9.89. The van der Waals surface area contributed by atoms with Crippen molar-refractivity contribution < 1.29 is 19.0 Å². The summed E-state index contributed by atoms with van der Waals surface area (Å²) < 4.78 is 17.1. The van der Waals surface area contributed by atoms with Gasteiger partial charge in [-0.1, -0.05) is 41.9 Å². The summed E-state index contributed by atoms with van der Waals surface area (Å²) in [5.41, 5.74) is 2.62. The molecule has 3 aromatic carbocycles. The first-order valence-corrected chi connectivity index (χ1v) is 9.70. The molecule has 5 rings (SSSR count). The van der Waals surface area contributed by atoms with Gasteiger partial charge in [0.15, 0.2) is 11.5 Å². The Balaban J connectivity index is 1.54. The molecule has 0 aromatic heterocycles. The van der Waals surface area contributed by atoms with E-state index in [1.807, 2.05) is 61.5 Å². The second kappa shape index (κ2) is 7.01. The molecule has 0 aliphatic carbocycles. The minimum atomic E-state index is -0.643. The highest BCUT2D eigenvalue weighted by atomic mass is 35.5. The zero-order valence-corrected chi connectivity index (χ0v) is 16.4. The number of hydrogen-bond acceptors (Lipinski definition) is 4. The highest BCUT2D eigenvalue weighted by Gasteiger charge is 2.51. The summed E-state index contributed by atoms with van der Waals surface area (Å²) in [5.74, 6) is 1.95. The molecule has 29 heavy (non-hydrogen) atoms. The van der Waals surface area contributed by atoms with Crippen LogP contribution in [0.3, 0.4) is 0 Å². The topological polar surface area (TPSA) is 48.0 Å². The van der Waals surface area contributed by atoms with Crippen LogP contribution in [0, 0.1) is 6.92 Å². The second-order valence-corrected chi connectivity index (χ2v) is 7.49. The molecular formula is C23H18ClNO4. The molecule has 0 saturated carbocycles. The average Bonchev–Trinajstić information content (AvgIpc) is 3.19. The fraction of sp³-hybridized carbons (Fsp3) is 0.174. The Morgan fingerprint density at radius 2 is 1.83 bits per heavy atom. The van der Waals surface area contributed by atoms with Crippen molar-refractivity contribution in [2.45, 2.75) is 19.1 Å². The van der Waals surface area contributed by atoms with Crippen molar-refractivity contribution in [3.63, 3.8) is 0 Å². The van der Waals surface area contributed by atoms with E-state index in [0.717, 1.165) is 16.8 Å². The van der Waals surface area contributed by atoms with Crippen molar-refractivity contribution in [3.8, 4) is 17.2 Å². The Kier molecular flexibility index (Phi) is 4.32. The fourth-order valence-corrected chi connectivity index (χ4v) is 3.92. The number of para-hydroxylation sites is 1. The molecule has 0 N–H and O–H groups in total. The summed E-state index contributed by atoms with van der Waals surface area (Å²) in [6.07, 6.45) is -0.643. The van der Waals surface area contributed by atoms with Gasteiger partial charge in [0, 0.05) is 10.7 Å². The van der Waals surface area contributed by atoms with Crippen molar-refractivity contribution in [1.82, 2.24) is 0 Å². The van der Waals surface area contributed by atoms with E-state index in [1.165, 1.54) is 0 Å². The van der Waals surface area contributed by atoms with Gasteiger partial charge in [-0.05, 0) is 54.4 Å². The number of halogens is 1. The molecule has 5 nitrogen and oxygen atoms in total. The first-order chi connectivity index (χ1) is 14.1. The van der Waals surface area contributed by atoms with E-state index < -0.39 is 6.10 Å². The minimum Gasteiger partial charge on any atom is -0.478 e. The third kappa shape index (κ3) is 3.08. The number of fused-ring (bicyclic) bond motifs is 1. The van der Waals surface area contributed by atoms with E-state index in [4.69, 9.17) is 25.8 Å². The van der Waals surface area contributed by atoms with Crippen LogP contribution < -0.4 is 19.1 Å². The van der Waals surface area contributed by atoms with E-state index in [9.17, 15) is 4.79 Å². The van der Waals surface area contributed by atoms with Gasteiger partial charge in [-0.15, -0.1) is 0 Å². The van der Waals surface area contributed by atoms with E-state index >= 15 is 0 Å². The molecular weight excluding hydrogens is 390 g/mol. The smallest absolute Gasteiger partial charge is 0.271 e. The first kappa shape index (κ1) is 17.9. The molecule has 0 radical (unpaired) electrons. The summed E-state index contributed by atoms with van der Waals surface area (Å²) in [5, 5.41) is 0.572. The molecule has 0 spiro atoms. The SMILES string of the molecule is Cc1ccccc1O[C@@H]1C(=O)N(c2cccc(Cl)c2)[C@@H]1c1ccc2c(c1)OCO2. The van der Waals surface area contributed by atoms with Crippen LogP contribution in [0.1, 0.15) is 17.2 Å². The number of carbonyl (C=O) groups excluding carboxylic acids is 1. The van der Waals surface area contributed by atoms with E-state index in [0.29, 0.717) is 22.3 Å². The summed E-state index contributed by atoms with van der Waals surface area (Å²) >= 11 is 6.17. The average molecular weight is 408 g/mol. The lowest BCUT2D eigenvalue weighted by Gasteiger charge is -2.46. The first-order valence-electron chi connectivity index (χ1n) is 9.32. The van der Waals surface area contributed by atoms with E-state index in [2.05, 4.69) is 0 Å². The number of aryl methyl sites for hydroxylation is 1. The largest absolute Gasteiger partial charge is 0.478 e. The van der Waals surface area contributed by atoms with Gasteiger partial charge in [-0.25, -0.2) is 0 Å². The summed E-state index contributed by atoms with van der Waals surface area (Å²) in [4.78, 5) is 14.8. The number of benzene rings is 3. The van der Waals surface area contributed by atoms with Gasteiger partial charge in [-0.3, -0.25) is 9.69 Å². The van der Waals surface area contributed by atoms with Crippen LogP contribution in [0.5, 0.6) is 17.2 Å². The Bertz CT molecular complexity index is 1100. The van der Waals surface area contributed by atoms with Crippen LogP contribution >= 0.6 is 11.6 Å². The third-order valence-corrected chi connectivity index (χ3v) is 5.45. The number of ether oxygens (including phenoxy) is 3. The van der Waals surface area contributed by atoms with Gasteiger partial charge < -0.3 is 14.2 Å². The Morgan fingerprint density at radius 3 is 2.66 bits per heavy atom. The highest BCUT2D eigenvalue weighted by molar-refractivity contribution is 6.31. The fourth-order valence-electron chi connectivity index (χ4n) is 3.74. The van der Waals surface area contributed by atoms with Crippen molar-refractivity contribution in [3.05, 3.63) is 82.9 Å². The normalized spacial score (nSPS) is 19.8. The molecule has 146 valence electrons. The van der Waals surface area contributed by atoms with Gasteiger partial charge in [0.1, 0.15) is 11.8 Å². The zero-order valence-electron chi connectivity index (χ0n) is 15.7. The lowest BCUT2D eigenvalue weighted by molar-refractivity contribution is -0.135. The number of β-lactam (4-membered cyclic amide) rings is 1. The Morgan fingerprint density at radius 1 is 1.00 bits per heavy atom. The monoisotopic (exact) mass is 407 g/mol. The molecule has 2 aliphatic heterocycles. The van der Waals surface area contributed by atoms with Crippen LogP contribution in [-0.4, -0.2) is 18.8 Å². The molecule has 6 heteroatoms. The van der Waals surface area contributed by atoms with Crippen LogP contribution in [0.4, 0.5) is 5.69 Å². The molecule has 0 bridgehead atoms. The van der Waals surface area contributed by atoms with Crippen LogP contribution in [0.15, 0.2) is 66.7 Å². The van der Waals surface area contributed by atoms with Gasteiger partial charge in [0.2, 0.25) is 12.9 Å². The molecule has 2 atom stereocenters. The summed E-state index contributed by atoms with van der Waals surface area (Å²) in [6, 6.07) is 20.3. The van der Waals surface area contributed by atoms with E-state index in [1.54, 1.807) is 17.0 Å². The van der Waals surface area contributed by atoms with Gasteiger partial charge in [0.05, 0.1) is 0 Å². The summed E-state index contributed by atoms with van der Waals surface area (Å²) in [7, 11) is 0. The lowest BCUT2D eigenvalue weighted by Crippen LogP contribution is -2.61. The number of nitrogens with zero attached hydrogens (tertiary/aromatic N) is 1. The molecule has 1 amide bonds. The summed E-state index contributed by atoms with van der Waals surface area (Å²) in [6.45, 7) is 2.16. The van der Waals surface area contributed by atoms with Crippen LogP contribution in [0.25, 0.3) is 0 Å². The van der Waals surface area contributed by atoms with Crippen LogP contribution in [-0.2, 0) is 4.79 Å². The predicted molar refractivity (Wildman–Crippen MR) is 110 cm³/mol. The van der Waals surface area contributed by atoms with Crippen LogP contribution in [0.2, 0.25) is 5.02 Å². The molecule has 0 unspecified atom stereocenters. The van der Waals surface area contributed by atoms with Crippen molar-refractivity contribution in [2.75, 3.05) is 11.7 Å². The standard InChI is InChI=1S/C23H18ClNO4/c1-14-5-2-3-8-18(14)29-22-21(15-9-10-19-20(11-15)28-13-27-19)25(23(22)26)17-7-4-6-16(24)12-17/h2-12,21-22H,13H2,1H3/t21-,22+/m1/s1. The Hall–Kier alpha value is -3.18. The van der Waals surface area contributed by atoms with Gasteiger partial charge in [0.25, 0.3) is 5.91 Å².